The monoisotopic (exact) mass is 208 g/mol. The van der Waals surface area contributed by atoms with Gasteiger partial charge in [-0.15, -0.1) is 11.8 Å². The maximum atomic E-state index is 5.74. The van der Waals surface area contributed by atoms with Crippen molar-refractivity contribution in [3.63, 3.8) is 0 Å². The summed E-state index contributed by atoms with van der Waals surface area (Å²) in [7, 11) is 0. The van der Waals surface area contributed by atoms with Crippen LogP contribution in [-0.4, -0.2) is 19.0 Å². The second-order valence-electron chi connectivity index (χ2n) is 3.03. The molecule has 14 heavy (non-hydrogen) atoms. The van der Waals surface area contributed by atoms with Crippen molar-refractivity contribution in [1.29, 1.82) is 0 Å². The lowest BCUT2D eigenvalue weighted by Crippen LogP contribution is -2.29. The zero-order valence-corrected chi connectivity index (χ0v) is 8.84. The second-order valence-corrected chi connectivity index (χ2v) is 3.97. The fourth-order valence-corrected chi connectivity index (χ4v) is 1.69. The van der Waals surface area contributed by atoms with Crippen LogP contribution in [-0.2, 0) is 0 Å². The van der Waals surface area contributed by atoms with E-state index >= 15 is 0 Å². The molecule has 0 aromatic heterocycles. The molecule has 1 unspecified atom stereocenters. The van der Waals surface area contributed by atoms with Crippen LogP contribution in [0.25, 0.3) is 0 Å². The van der Waals surface area contributed by atoms with Crippen LogP contribution in [0.5, 0.6) is 11.5 Å². The van der Waals surface area contributed by atoms with Crippen LogP contribution < -0.4 is 9.47 Å². The summed E-state index contributed by atoms with van der Waals surface area (Å²) in [6.07, 6.45) is 1.96. The Morgan fingerprint density at radius 1 is 1.43 bits per heavy atom. The van der Waals surface area contributed by atoms with Gasteiger partial charge < -0.3 is 9.47 Å². The number of hydrogen-bond acceptors (Lipinski definition) is 3. The van der Waals surface area contributed by atoms with Gasteiger partial charge in [0, 0.05) is 4.91 Å². The molecule has 2 nitrogen and oxygen atoms in total. The van der Waals surface area contributed by atoms with E-state index in [4.69, 9.17) is 9.47 Å². The highest BCUT2D eigenvalue weighted by atomic mass is 32.2. The molecule has 1 atom stereocenters. The van der Waals surface area contributed by atoms with Crippen molar-refractivity contribution in [1.82, 2.24) is 0 Å². The fourth-order valence-electron chi connectivity index (χ4n) is 1.31. The highest BCUT2D eigenvalue weighted by molar-refractivity contribution is 8.02. The van der Waals surface area contributed by atoms with Crippen LogP contribution >= 0.6 is 11.8 Å². The summed E-state index contributed by atoms with van der Waals surface area (Å²) in [4.78, 5) is 1.000. The molecule has 74 valence electrons. The molecular formula is C11H12O2S. The zero-order valence-electron chi connectivity index (χ0n) is 8.03. The minimum absolute atomic E-state index is 0.0279. The van der Waals surface area contributed by atoms with Crippen LogP contribution in [0.15, 0.2) is 35.7 Å². The van der Waals surface area contributed by atoms with E-state index in [1.54, 1.807) is 11.8 Å². The van der Waals surface area contributed by atoms with Gasteiger partial charge in [0.05, 0.1) is 0 Å². The molecule has 1 aliphatic rings. The minimum Gasteiger partial charge on any atom is -0.485 e. The van der Waals surface area contributed by atoms with Gasteiger partial charge >= 0.3 is 0 Å². The van der Waals surface area contributed by atoms with Gasteiger partial charge in [0.25, 0.3) is 0 Å². The standard InChI is InChI=1S/C11H12O2S/c1-8(14-2)11-7-12-9-5-3-4-6-10(9)13-11/h3-6,11H,1,7H2,2H3. The molecule has 1 aromatic rings. The Kier molecular flexibility index (Phi) is 2.68. The molecule has 1 aromatic carbocycles. The van der Waals surface area contributed by atoms with Gasteiger partial charge in [0.2, 0.25) is 0 Å². The molecule has 0 saturated carbocycles. The lowest BCUT2D eigenvalue weighted by Gasteiger charge is -2.26. The number of thioether (sulfide) groups is 1. The number of benzene rings is 1. The normalized spacial score (nSPS) is 19.1. The molecular weight excluding hydrogens is 196 g/mol. The largest absolute Gasteiger partial charge is 0.485 e. The van der Waals surface area contributed by atoms with E-state index in [-0.39, 0.29) is 6.10 Å². The summed E-state index contributed by atoms with van der Waals surface area (Å²) < 4.78 is 11.3. The molecule has 0 fully saturated rings. The summed E-state index contributed by atoms with van der Waals surface area (Å²) >= 11 is 1.61. The Balaban J connectivity index is 2.17. The van der Waals surface area contributed by atoms with E-state index in [1.807, 2.05) is 30.5 Å². The van der Waals surface area contributed by atoms with Crippen molar-refractivity contribution in [3.8, 4) is 11.5 Å². The highest BCUT2D eigenvalue weighted by Gasteiger charge is 2.22. The van der Waals surface area contributed by atoms with E-state index < -0.39 is 0 Å². The molecule has 0 amide bonds. The molecule has 2 rings (SSSR count). The van der Waals surface area contributed by atoms with Crippen molar-refractivity contribution >= 4 is 11.8 Å². The van der Waals surface area contributed by atoms with Gasteiger partial charge in [0.15, 0.2) is 17.6 Å². The maximum absolute atomic E-state index is 5.74. The Morgan fingerprint density at radius 2 is 2.14 bits per heavy atom. The Labute approximate surface area is 87.9 Å². The van der Waals surface area contributed by atoms with Gasteiger partial charge in [-0.2, -0.15) is 0 Å². The lowest BCUT2D eigenvalue weighted by molar-refractivity contribution is 0.121. The summed E-state index contributed by atoms with van der Waals surface area (Å²) in [6, 6.07) is 7.70. The zero-order chi connectivity index (χ0) is 9.97. The van der Waals surface area contributed by atoms with E-state index in [2.05, 4.69) is 6.58 Å². The number of para-hydroxylation sites is 2. The predicted molar refractivity (Wildman–Crippen MR) is 59.0 cm³/mol. The number of ether oxygens (including phenoxy) is 2. The lowest BCUT2D eigenvalue weighted by atomic mass is 10.2. The van der Waals surface area contributed by atoms with Crippen LogP contribution in [0, 0.1) is 0 Å². The first-order valence-electron chi connectivity index (χ1n) is 4.42. The van der Waals surface area contributed by atoms with Crippen LogP contribution in [0.1, 0.15) is 0 Å². The van der Waals surface area contributed by atoms with E-state index in [9.17, 15) is 0 Å². The first kappa shape index (κ1) is 9.46. The maximum Gasteiger partial charge on any atom is 0.163 e. The van der Waals surface area contributed by atoms with Crippen LogP contribution in [0.3, 0.4) is 0 Å². The van der Waals surface area contributed by atoms with Crippen molar-refractivity contribution in [2.24, 2.45) is 0 Å². The van der Waals surface area contributed by atoms with Crippen molar-refractivity contribution < 1.29 is 9.47 Å². The molecule has 0 N–H and O–H groups in total. The van der Waals surface area contributed by atoms with Crippen LogP contribution in [0.2, 0.25) is 0 Å². The molecule has 1 heterocycles. The molecule has 0 radical (unpaired) electrons. The predicted octanol–water partition coefficient (Wildman–Crippen LogP) is 2.70. The van der Waals surface area contributed by atoms with E-state index in [0.717, 1.165) is 16.4 Å². The SMILES string of the molecule is C=C(SC)C1COc2ccccc2O1. The Bertz CT molecular complexity index is 349. The molecule has 3 heteroatoms. The van der Waals surface area contributed by atoms with Gasteiger partial charge in [-0.3, -0.25) is 0 Å². The molecule has 0 aliphatic carbocycles. The first-order chi connectivity index (χ1) is 6.81. The van der Waals surface area contributed by atoms with Crippen LogP contribution in [0.4, 0.5) is 0 Å². The average Bonchev–Trinajstić information content (AvgIpc) is 2.27. The Hall–Kier alpha value is -1.09. The van der Waals surface area contributed by atoms with Gasteiger partial charge in [-0.25, -0.2) is 0 Å². The van der Waals surface area contributed by atoms with Gasteiger partial charge in [0.1, 0.15) is 6.61 Å². The summed E-state index contributed by atoms with van der Waals surface area (Å²) in [5.41, 5.74) is 0. The number of fused-ring (bicyclic) bond motifs is 1. The molecule has 0 saturated heterocycles. The Morgan fingerprint density at radius 3 is 2.86 bits per heavy atom. The summed E-state index contributed by atoms with van der Waals surface area (Å²) in [5, 5.41) is 0. The van der Waals surface area contributed by atoms with Gasteiger partial charge in [-0.1, -0.05) is 18.7 Å². The van der Waals surface area contributed by atoms with Gasteiger partial charge in [-0.05, 0) is 18.4 Å². The number of rotatable bonds is 2. The molecule has 0 bridgehead atoms. The molecule has 0 spiro atoms. The average molecular weight is 208 g/mol. The van der Waals surface area contributed by atoms with Crippen molar-refractivity contribution in [2.75, 3.05) is 12.9 Å². The van der Waals surface area contributed by atoms with E-state index in [1.165, 1.54) is 0 Å². The topological polar surface area (TPSA) is 18.5 Å². The smallest absolute Gasteiger partial charge is 0.163 e. The fraction of sp³-hybridized carbons (Fsp3) is 0.273. The summed E-state index contributed by atoms with van der Waals surface area (Å²) in [6.45, 7) is 4.48. The highest BCUT2D eigenvalue weighted by Crippen LogP contribution is 2.33. The van der Waals surface area contributed by atoms with E-state index in [0.29, 0.717) is 6.61 Å². The quantitative estimate of drug-likeness (QED) is 0.744. The summed E-state index contributed by atoms with van der Waals surface area (Å²) in [5.74, 6) is 1.62. The molecule has 1 aliphatic heterocycles. The minimum atomic E-state index is -0.0279. The third-order valence-electron chi connectivity index (χ3n) is 2.13. The third-order valence-corrected chi connectivity index (χ3v) is 2.92. The first-order valence-corrected chi connectivity index (χ1v) is 5.65. The third kappa shape index (κ3) is 1.73. The second kappa shape index (κ2) is 3.96. The van der Waals surface area contributed by atoms with Crippen molar-refractivity contribution in [3.05, 3.63) is 35.7 Å². The number of hydrogen-bond donors (Lipinski definition) is 0. The van der Waals surface area contributed by atoms with Crippen molar-refractivity contribution in [2.45, 2.75) is 6.10 Å².